The molecule has 0 unspecified atom stereocenters. The van der Waals surface area contributed by atoms with E-state index < -0.39 is 0 Å². The molecule has 23 heavy (non-hydrogen) atoms. The van der Waals surface area contributed by atoms with E-state index in [4.69, 9.17) is 5.26 Å². The van der Waals surface area contributed by atoms with Crippen LogP contribution in [0.1, 0.15) is 42.4 Å². The molecule has 7 nitrogen and oxygen atoms in total. The number of nitrogens with zero attached hydrogens (tertiary/aromatic N) is 4. The van der Waals surface area contributed by atoms with E-state index in [1.807, 2.05) is 33.8 Å². The van der Waals surface area contributed by atoms with Crippen molar-refractivity contribution in [1.82, 2.24) is 14.3 Å². The van der Waals surface area contributed by atoms with E-state index in [1.54, 1.807) is 15.4 Å². The third kappa shape index (κ3) is 3.68. The van der Waals surface area contributed by atoms with Crippen molar-refractivity contribution < 1.29 is 4.79 Å². The minimum atomic E-state index is -0.273. The smallest absolute Gasteiger partial charge is 0.307 e. The van der Waals surface area contributed by atoms with Gasteiger partial charge in [0.15, 0.2) is 5.82 Å². The van der Waals surface area contributed by atoms with Crippen molar-refractivity contribution in [2.24, 2.45) is 0 Å². The lowest BCUT2D eigenvalue weighted by Gasteiger charge is -2.06. The standard InChI is InChI=1S/C15H19N5O2S/c1-9(2)20-8-12(7-16)14(18-20)17-13(21)5-6-19-10(3)11(4)23-15(19)22/h8-9H,5-6H2,1-4H3,(H,17,18,21). The van der Waals surface area contributed by atoms with E-state index in [0.29, 0.717) is 12.1 Å². The Kier molecular flexibility index (Phi) is 5.01. The summed E-state index contributed by atoms with van der Waals surface area (Å²) in [5, 5.41) is 16.0. The molecule has 2 aromatic heterocycles. The number of anilines is 1. The number of hydrogen-bond donors (Lipinski definition) is 1. The fourth-order valence-corrected chi connectivity index (χ4v) is 2.94. The minimum Gasteiger partial charge on any atom is -0.308 e. The van der Waals surface area contributed by atoms with Crippen molar-refractivity contribution >= 4 is 23.1 Å². The van der Waals surface area contributed by atoms with E-state index in [2.05, 4.69) is 10.4 Å². The second kappa shape index (κ2) is 6.79. The number of amides is 1. The van der Waals surface area contributed by atoms with Crippen molar-refractivity contribution in [3.05, 3.63) is 32.0 Å². The van der Waals surface area contributed by atoms with Gasteiger partial charge < -0.3 is 9.88 Å². The van der Waals surface area contributed by atoms with Crippen LogP contribution in [0.2, 0.25) is 0 Å². The Bertz CT molecular complexity index is 822. The van der Waals surface area contributed by atoms with Gasteiger partial charge in [-0.25, -0.2) is 0 Å². The summed E-state index contributed by atoms with van der Waals surface area (Å²) < 4.78 is 3.22. The maximum atomic E-state index is 12.1. The van der Waals surface area contributed by atoms with Gasteiger partial charge in [-0.1, -0.05) is 11.3 Å². The Hall–Kier alpha value is -2.40. The van der Waals surface area contributed by atoms with Gasteiger partial charge in [-0.15, -0.1) is 0 Å². The first-order valence-electron chi connectivity index (χ1n) is 7.29. The molecule has 0 radical (unpaired) electrons. The Balaban J connectivity index is 2.06. The lowest BCUT2D eigenvalue weighted by Crippen LogP contribution is -2.20. The molecule has 122 valence electrons. The lowest BCUT2D eigenvalue weighted by molar-refractivity contribution is -0.116. The number of carbonyl (C=O) groups excluding carboxylic acids is 1. The molecular weight excluding hydrogens is 314 g/mol. The van der Waals surface area contributed by atoms with Gasteiger partial charge in [-0.2, -0.15) is 10.4 Å². The Morgan fingerprint density at radius 1 is 1.48 bits per heavy atom. The molecule has 0 bridgehead atoms. The lowest BCUT2D eigenvalue weighted by atomic mass is 10.3. The highest BCUT2D eigenvalue weighted by Gasteiger charge is 2.14. The van der Waals surface area contributed by atoms with E-state index >= 15 is 0 Å². The van der Waals surface area contributed by atoms with Crippen LogP contribution < -0.4 is 10.2 Å². The number of thiazole rings is 1. The normalized spacial score (nSPS) is 10.8. The maximum absolute atomic E-state index is 12.1. The highest BCUT2D eigenvalue weighted by molar-refractivity contribution is 7.09. The molecule has 0 fully saturated rings. The summed E-state index contributed by atoms with van der Waals surface area (Å²) in [4.78, 5) is 24.8. The molecule has 0 atom stereocenters. The monoisotopic (exact) mass is 333 g/mol. The minimum absolute atomic E-state index is 0.0606. The summed E-state index contributed by atoms with van der Waals surface area (Å²) in [6.45, 7) is 7.94. The number of hydrogen-bond acceptors (Lipinski definition) is 5. The van der Waals surface area contributed by atoms with Gasteiger partial charge in [0, 0.05) is 35.8 Å². The number of nitriles is 1. The summed E-state index contributed by atoms with van der Waals surface area (Å²) in [5.74, 6) is -0.0116. The largest absolute Gasteiger partial charge is 0.308 e. The van der Waals surface area contributed by atoms with Gasteiger partial charge in [-0.05, 0) is 27.7 Å². The first-order valence-corrected chi connectivity index (χ1v) is 8.11. The van der Waals surface area contributed by atoms with E-state index in [9.17, 15) is 9.59 Å². The highest BCUT2D eigenvalue weighted by atomic mass is 32.1. The van der Waals surface area contributed by atoms with Gasteiger partial charge in [-0.3, -0.25) is 14.3 Å². The molecule has 0 aliphatic rings. The average molecular weight is 333 g/mol. The second-order valence-corrected chi connectivity index (χ2v) is 6.70. The molecule has 1 amide bonds. The zero-order valence-corrected chi connectivity index (χ0v) is 14.4. The van der Waals surface area contributed by atoms with Crippen molar-refractivity contribution in [3.63, 3.8) is 0 Å². The topological polar surface area (TPSA) is 92.7 Å². The molecular formula is C15H19N5O2S. The first kappa shape index (κ1) is 17.0. The Morgan fingerprint density at radius 2 is 2.17 bits per heavy atom. The van der Waals surface area contributed by atoms with Crippen LogP contribution in [0.4, 0.5) is 5.82 Å². The van der Waals surface area contributed by atoms with E-state index in [0.717, 1.165) is 10.6 Å². The van der Waals surface area contributed by atoms with Gasteiger partial charge in [0.1, 0.15) is 11.6 Å². The zero-order valence-electron chi connectivity index (χ0n) is 13.6. The second-order valence-electron chi connectivity index (χ2n) is 5.54. The predicted octanol–water partition coefficient (Wildman–Crippen LogP) is 2.20. The molecule has 0 aromatic carbocycles. The van der Waals surface area contributed by atoms with Crippen LogP contribution >= 0.6 is 11.3 Å². The third-order valence-electron chi connectivity index (χ3n) is 3.58. The summed E-state index contributed by atoms with van der Waals surface area (Å²) >= 11 is 1.18. The zero-order chi connectivity index (χ0) is 17.1. The molecule has 2 aromatic rings. The average Bonchev–Trinajstić information content (AvgIpc) is 2.99. The van der Waals surface area contributed by atoms with Crippen LogP contribution in [0.5, 0.6) is 0 Å². The van der Waals surface area contributed by atoms with Crippen LogP contribution in [0.3, 0.4) is 0 Å². The molecule has 0 aliphatic carbocycles. The molecule has 0 saturated carbocycles. The quantitative estimate of drug-likeness (QED) is 0.908. The Morgan fingerprint density at radius 3 is 2.70 bits per heavy atom. The van der Waals surface area contributed by atoms with Gasteiger partial charge >= 0.3 is 4.87 Å². The van der Waals surface area contributed by atoms with Gasteiger partial charge in [0.05, 0.1) is 0 Å². The van der Waals surface area contributed by atoms with Crippen LogP contribution in [-0.4, -0.2) is 20.3 Å². The summed E-state index contributed by atoms with van der Waals surface area (Å²) in [7, 11) is 0. The third-order valence-corrected chi connectivity index (χ3v) is 4.57. The maximum Gasteiger partial charge on any atom is 0.307 e. The summed E-state index contributed by atoms with van der Waals surface area (Å²) in [5.41, 5.74) is 1.21. The van der Waals surface area contributed by atoms with Crippen molar-refractivity contribution in [3.8, 4) is 6.07 Å². The van der Waals surface area contributed by atoms with Gasteiger partial charge in [0.2, 0.25) is 5.91 Å². The molecule has 2 heterocycles. The van der Waals surface area contributed by atoms with E-state index in [1.165, 1.54) is 11.3 Å². The fraction of sp³-hybridized carbons (Fsp3) is 0.467. The Labute approximate surface area is 138 Å². The molecule has 0 aliphatic heterocycles. The molecule has 0 spiro atoms. The SMILES string of the molecule is Cc1sc(=O)n(CCC(=O)Nc2nn(C(C)C)cc2C#N)c1C. The molecule has 1 N–H and O–H groups in total. The van der Waals surface area contributed by atoms with Crippen LogP contribution in [0, 0.1) is 25.2 Å². The molecule has 0 saturated heterocycles. The van der Waals surface area contributed by atoms with Crippen LogP contribution in [-0.2, 0) is 11.3 Å². The number of carbonyl (C=O) groups is 1. The summed E-state index contributed by atoms with van der Waals surface area (Å²) in [6, 6.07) is 2.12. The molecule has 2 rings (SSSR count). The predicted molar refractivity (Wildman–Crippen MR) is 88.6 cm³/mol. The van der Waals surface area contributed by atoms with Crippen molar-refractivity contribution in [2.75, 3.05) is 5.32 Å². The van der Waals surface area contributed by atoms with Crippen molar-refractivity contribution in [1.29, 1.82) is 5.26 Å². The summed E-state index contributed by atoms with van der Waals surface area (Å²) in [6.07, 6.45) is 1.76. The fourth-order valence-electron chi connectivity index (χ4n) is 2.08. The highest BCUT2D eigenvalue weighted by Crippen LogP contribution is 2.16. The van der Waals surface area contributed by atoms with Crippen LogP contribution in [0.25, 0.3) is 0 Å². The number of aromatic nitrogens is 3. The molecule has 8 heteroatoms. The van der Waals surface area contributed by atoms with Crippen molar-refractivity contribution in [2.45, 2.75) is 46.7 Å². The van der Waals surface area contributed by atoms with E-state index in [-0.39, 0.29) is 29.1 Å². The number of rotatable bonds is 5. The number of nitrogens with one attached hydrogen (secondary N) is 1. The first-order chi connectivity index (χ1) is 10.8. The number of aryl methyl sites for hydroxylation is 1. The van der Waals surface area contributed by atoms with Gasteiger partial charge in [0.25, 0.3) is 0 Å². The van der Waals surface area contributed by atoms with Crippen LogP contribution in [0.15, 0.2) is 11.0 Å².